The summed E-state index contributed by atoms with van der Waals surface area (Å²) in [5, 5.41) is 0.334. The predicted molar refractivity (Wildman–Crippen MR) is 83.6 cm³/mol. The van der Waals surface area contributed by atoms with Crippen LogP contribution in [0.15, 0.2) is 22.8 Å². The second-order valence-electron chi connectivity index (χ2n) is 7.12. The third-order valence-corrected chi connectivity index (χ3v) is 9.83. The average molecular weight is 294 g/mol. The van der Waals surface area contributed by atoms with Gasteiger partial charge in [0.15, 0.2) is 0 Å². The monoisotopic (exact) mass is 294 g/mol. The molecule has 0 fully saturated rings. The summed E-state index contributed by atoms with van der Waals surface area (Å²) in [4.78, 5) is 24.1. The van der Waals surface area contributed by atoms with Gasteiger partial charge in [0.25, 0.3) is 0 Å². The lowest BCUT2D eigenvalue weighted by atomic mass is 9.97. The van der Waals surface area contributed by atoms with Crippen molar-refractivity contribution < 1.29 is 14.0 Å². The molecule has 0 aliphatic heterocycles. The molecule has 1 aromatic heterocycles. The molecule has 3 nitrogen and oxygen atoms in total. The summed E-state index contributed by atoms with van der Waals surface area (Å²) in [5.41, 5.74) is 0. The summed E-state index contributed by atoms with van der Waals surface area (Å²) in [6.45, 7) is 12.2. The maximum Gasteiger partial charge on any atom is 0.132 e. The molecule has 1 atom stereocenters. The summed E-state index contributed by atoms with van der Waals surface area (Å²) in [7, 11) is -2.03. The van der Waals surface area contributed by atoms with E-state index in [0.29, 0.717) is 18.2 Å². The van der Waals surface area contributed by atoms with Crippen molar-refractivity contribution in [2.45, 2.75) is 64.6 Å². The van der Waals surface area contributed by atoms with Crippen LogP contribution in [0.5, 0.6) is 0 Å². The highest BCUT2D eigenvalue weighted by Gasteiger charge is 2.42. The van der Waals surface area contributed by atoms with Crippen LogP contribution in [0.4, 0.5) is 0 Å². The molecule has 1 unspecified atom stereocenters. The first-order valence-corrected chi connectivity index (χ1v) is 10.1. The molecule has 0 N–H and O–H groups in total. The van der Waals surface area contributed by atoms with Gasteiger partial charge < -0.3 is 14.0 Å². The third kappa shape index (κ3) is 3.92. The van der Waals surface area contributed by atoms with E-state index in [1.54, 1.807) is 19.3 Å². The van der Waals surface area contributed by atoms with Crippen molar-refractivity contribution in [3.63, 3.8) is 0 Å². The number of carbonyl (C=O) groups is 2. The zero-order chi connectivity index (χ0) is 15.6. The maximum atomic E-state index is 12.7. The van der Waals surface area contributed by atoms with Gasteiger partial charge in [-0.05, 0) is 24.1 Å². The van der Waals surface area contributed by atoms with Gasteiger partial charge in [-0.15, -0.1) is 0 Å². The quantitative estimate of drug-likeness (QED) is 0.733. The molecule has 112 valence electrons. The molecule has 0 bridgehead atoms. The Kier molecular flexibility index (Phi) is 5.14. The molecule has 0 aliphatic carbocycles. The van der Waals surface area contributed by atoms with Crippen molar-refractivity contribution in [2.75, 3.05) is 0 Å². The van der Waals surface area contributed by atoms with E-state index in [2.05, 4.69) is 33.9 Å². The molecular formula is C16H26O3Si. The molecule has 0 spiro atoms. The van der Waals surface area contributed by atoms with E-state index < -0.39 is 8.07 Å². The Balaban J connectivity index is 2.91. The Bertz CT molecular complexity index is 466. The normalized spacial score (nSPS) is 14.1. The Morgan fingerprint density at radius 3 is 2.25 bits per heavy atom. The number of ketones is 1. The highest BCUT2D eigenvalue weighted by Crippen LogP contribution is 2.39. The molecule has 0 aromatic carbocycles. The number of furan rings is 1. The minimum Gasteiger partial charge on any atom is -0.469 e. The van der Waals surface area contributed by atoms with Crippen LogP contribution < -0.4 is 0 Å². The van der Waals surface area contributed by atoms with Crippen molar-refractivity contribution in [1.29, 1.82) is 0 Å². The van der Waals surface area contributed by atoms with E-state index in [9.17, 15) is 9.59 Å². The fraction of sp³-hybridized carbons (Fsp3) is 0.625. The lowest BCUT2D eigenvalue weighted by molar-refractivity contribution is -0.117. The van der Waals surface area contributed by atoms with Crippen molar-refractivity contribution in [1.82, 2.24) is 0 Å². The van der Waals surface area contributed by atoms with Gasteiger partial charge >= 0.3 is 0 Å². The van der Waals surface area contributed by atoms with Gasteiger partial charge in [-0.3, -0.25) is 0 Å². The van der Waals surface area contributed by atoms with Gasteiger partial charge in [0, 0.05) is 18.8 Å². The Hall–Kier alpha value is -1.16. The SMILES string of the molecule is CC(=O)CC(CC(=O)[Si](C)(C)C(C)(C)C)c1ccco1. The number of hydrogen-bond donors (Lipinski definition) is 0. The fourth-order valence-corrected chi connectivity index (χ4v) is 3.63. The first kappa shape index (κ1) is 16.9. The summed E-state index contributed by atoms with van der Waals surface area (Å²) < 4.78 is 5.41. The van der Waals surface area contributed by atoms with Gasteiger partial charge in [-0.1, -0.05) is 33.9 Å². The predicted octanol–water partition coefficient (Wildman–Crippen LogP) is 4.35. The van der Waals surface area contributed by atoms with Crippen LogP contribution in [0.2, 0.25) is 18.1 Å². The van der Waals surface area contributed by atoms with Gasteiger partial charge in [0.05, 0.1) is 6.26 Å². The lowest BCUT2D eigenvalue weighted by Gasteiger charge is -2.35. The largest absolute Gasteiger partial charge is 0.469 e. The van der Waals surface area contributed by atoms with Crippen molar-refractivity contribution in [2.24, 2.45) is 0 Å². The number of Topliss-reactive ketones (excluding diaryl/α,β-unsaturated/α-hetero) is 1. The molecule has 0 aliphatic rings. The topological polar surface area (TPSA) is 47.3 Å². The lowest BCUT2D eigenvalue weighted by Crippen LogP contribution is -2.46. The van der Waals surface area contributed by atoms with Crippen molar-refractivity contribution in [3.05, 3.63) is 24.2 Å². The Morgan fingerprint density at radius 2 is 1.85 bits per heavy atom. The Morgan fingerprint density at radius 1 is 1.25 bits per heavy atom. The number of rotatable bonds is 6. The minimum atomic E-state index is -2.03. The molecular weight excluding hydrogens is 268 g/mol. The van der Waals surface area contributed by atoms with E-state index in [-0.39, 0.29) is 16.7 Å². The van der Waals surface area contributed by atoms with Crippen LogP contribution in [0.25, 0.3) is 0 Å². The van der Waals surface area contributed by atoms with Gasteiger partial charge in [-0.2, -0.15) is 0 Å². The zero-order valence-electron chi connectivity index (χ0n) is 13.4. The smallest absolute Gasteiger partial charge is 0.132 e. The zero-order valence-corrected chi connectivity index (χ0v) is 14.4. The molecule has 1 aromatic rings. The summed E-state index contributed by atoms with van der Waals surface area (Å²) in [6.07, 6.45) is 2.37. The molecule has 0 saturated carbocycles. The van der Waals surface area contributed by atoms with Crippen LogP contribution in [0.3, 0.4) is 0 Å². The average Bonchev–Trinajstić information content (AvgIpc) is 2.78. The molecule has 0 radical (unpaired) electrons. The van der Waals surface area contributed by atoms with Gasteiger partial charge in [0.1, 0.15) is 25.0 Å². The van der Waals surface area contributed by atoms with E-state index >= 15 is 0 Å². The second kappa shape index (κ2) is 6.08. The van der Waals surface area contributed by atoms with Crippen molar-refractivity contribution in [3.8, 4) is 0 Å². The first-order valence-electron chi connectivity index (χ1n) is 7.12. The second-order valence-corrected chi connectivity index (χ2v) is 12.4. The first-order chi connectivity index (χ1) is 9.05. The molecule has 1 heterocycles. The van der Waals surface area contributed by atoms with E-state index in [1.807, 2.05) is 6.07 Å². The number of hydrogen-bond acceptors (Lipinski definition) is 3. The third-order valence-electron chi connectivity index (χ3n) is 4.48. The van der Waals surface area contributed by atoms with Crippen LogP contribution in [0.1, 0.15) is 52.2 Å². The molecule has 1 rings (SSSR count). The van der Waals surface area contributed by atoms with Crippen LogP contribution in [-0.4, -0.2) is 19.3 Å². The highest BCUT2D eigenvalue weighted by atomic mass is 28.3. The Labute approximate surface area is 122 Å². The van der Waals surface area contributed by atoms with Crippen LogP contribution >= 0.6 is 0 Å². The molecule has 0 amide bonds. The standard InChI is InChI=1S/C16H26O3Si/c1-12(17)10-13(14-8-7-9-19-14)11-15(18)20(5,6)16(2,3)4/h7-9,13H,10-11H2,1-6H3. The highest BCUT2D eigenvalue weighted by molar-refractivity contribution is 7.06. The summed E-state index contributed by atoms with van der Waals surface area (Å²) >= 11 is 0. The van der Waals surface area contributed by atoms with Crippen LogP contribution in [0, 0.1) is 0 Å². The van der Waals surface area contributed by atoms with Crippen LogP contribution in [-0.2, 0) is 9.59 Å². The van der Waals surface area contributed by atoms with Gasteiger partial charge in [0.2, 0.25) is 0 Å². The number of carbonyl (C=O) groups excluding carboxylic acids is 2. The summed E-state index contributed by atoms with van der Waals surface area (Å²) in [5.74, 6) is 0.714. The fourth-order valence-electron chi connectivity index (χ4n) is 2.04. The van der Waals surface area contributed by atoms with E-state index in [1.165, 1.54) is 0 Å². The van der Waals surface area contributed by atoms with E-state index in [0.717, 1.165) is 5.76 Å². The molecule has 20 heavy (non-hydrogen) atoms. The van der Waals surface area contributed by atoms with Gasteiger partial charge in [-0.25, -0.2) is 0 Å². The van der Waals surface area contributed by atoms with Crippen molar-refractivity contribution >= 4 is 19.3 Å². The van der Waals surface area contributed by atoms with E-state index in [4.69, 9.17) is 4.42 Å². The molecule has 4 heteroatoms. The maximum absolute atomic E-state index is 12.7. The minimum absolute atomic E-state index is 0.0218. The molecule has 0 saturated heterocycles. The summed E-state index contributed by atoms with van der Waals surface area (Å²) in [6, 6.07) is 3.66.